The van der Waals surface area contributed by atoms with Crippen LogP contribution in [0.5, 0.6) is 0 Å². The average Bonchev–Trinajstić information content (AvgIpc) is 3.29. The van der Waals surface area contributed by atoms with Gasteiger partial charge >= 0.3 is 5.97 Å². The lowest BCUT2D eigenvalue weighted by molar-refractivity contribution is -0.142. The van der Waals surface area contributed by atoms with E-state index in [0.717, 1.165) is 9.10 Å². The van der Waals surface area contributed by atoms with E-state index in [0.29, 0.717) is 41.5 Å². The molecule has 1 fully saturated rings. The third kappa shape index (κ3) is 6.28. The van der Waals surface area contributed by atoms with Crippen molar-refractivity contribution in [3.63, 3.8) is 0 Å². The number of piperidine rings is 1. The zero-order valence-corrected chi connectivity index (χ0v) is 20.4. The fraction of sp³-hybridized carbons (Fsp3) is 0.318. The number of aliphatic carboxylic acids is 1. The van der Waals surface area contributed by atoms with Gasteiger partial charge in [0.25, 0.3) is 0 Å². The summed E-state index contributed by atoms with van der Waals surface area (Å²) in [6.07, 6.45) is 4.07. The number of carbonyl (C=O) groups excluding carboxylic acids is 2. The van der Waals surface area contributed by atoms with Crippen LogP contribution in [0, 0.1) is 5.92 Å². The summed E-state index contributed by atoms with van der Waals surface area (Å²) in [7, 11) is 0. The van der Waals surface area contributed by atoms with Crippen LogP contribution in [0.3, 0.4) is 0 Å². The minimum atomic E-state index is -1.08. The van der Waals surface area contributed by atoms with E-state index in [-0.39, 0.29) is 17.7 Å². The molecule has 1 aromatic carbocycles. The van der Waals surface area contributed by atoms with E-state index in [1.54, 1.807) is 22.3 Å². The minimum Gasteiger partial charge on any atom is -0.480 e. The van der Waals surface area contributed by atoms with E-state index < -0.39 is 12.0 Å². The molecule has 1 atom stereocenters. The van der Waals surface area contributed by atoms with E-state index in [4.69, 9.17) is 28.3 Å². The van der Waals surface area contributed by atoms with E-state index in [1.165, 1.54) is 24.8 Å². The number of carbonyl (C=O) groups is 3. The predicted octanol–water partition coefficient (Wildman–Crippen LogP) is 5.05. The van der Waals surface area contributed by atoms with Gasteiger partial charge in [0.05, 0.1) is 14.3 Å². The van der Waals surface area contributed by atoms with Crippen LogP contribution >= 0.6 is 46.3 Å². The van der Waals surface area contributed by atoms with Gasteiger partial charge in [-0.25, -0.2) is 0 Å². The third-order valence-corrected chi connectivity index (χ3v) is 8.20. The van der Waals surface area contributed by atoms with Crippen molar-refractivity contribution in [2.45, 2.75) is 34.9 Å². The Hall–Kier alpha value is -2.00. The zero-order chi connectivity index (χ0) is 23.3. The Balaban J connectivity index is 1.56. The fourth-order valence-corrected chi connectivity index (χ4v) is 5.55. The standard InChI is InChI=1S/C22H22Cl2N2O4S2/c1-13(22(29)30)25-21(28)15-8-10-26(11-9-15)17(27)7-5-14-4-6-16(20(24)19(14)23)32-18-3-2-12-31-18/h2-7,12-13,15H,8-11H2,1H3,(H,25,28)(H,29,30)/b7-5+. The van der Waals surface area contributed by atoms with E-state index in [1.807, 2.05) is 29.6 Å². The molecule has 10 heteroatoms. The maximum absolute atomic E-state index is 12.6. The molecule has 1 aliphatic rings. The second-order valence-electron chi connectivity index (χ2n) is 7.32. The number of likely N-dealkylation sites (tertiary alicyclic amines) is 1. The molecule has 0 spiro atoms. The number of nitrogens with one attached hydrogen (secondary N) is 1. The average molecular weight is 513 g/mol. The summed E-state index contributed by atoms with van der Waals surface area (Å²) in [5.74, 6) is -1.84. The van der Waals surface area contributed by atoms with Crippen LogP contribution in [0.25, 0.3) is 6.08 Å². The van der Waals surface area contributed by atoms with Gasteiger partial charge in [-0.2, -0.15) is 0 Å². The number of carboxylic acids is 1. The van der Waals surface area contributed by atoms with E-state index >= 15 is 0 Å². The molecule has 2 aromatic rings. The molecular weight excluding hydrogens is 491 g/mol. The summed E-state index contributed by atoms with van der Waals surface area (Å²) in [4.78, 5) is 38.1. The van der Waals surface area contributed by atoms with Crippen LogP contribution in [0.1, 0.15) is 25.3 Å². The predicted molar refractivity (Wildman–Crippen MR) is 128 cm³/mol. The van der Waals surface area contributed by atoms with Gasteiger partial charge in [-0.15, -0.1) is 11.3 Å². The first-order chi connectivity index (χ1) is 15.3. The molecule has 0 aliphatic carbocycles. The Kier molecular flexibility index (Phi) is 8.64. The van der Waals surface area contributed by atoms with Crippen LogP contribution in [-0.4, -0.2) is 46.9 Å². The topological polar surface area (TPSA) is 86.7 Å². The molecule has 0 radical (unpaired) electrons. The summed E-state index contributed by atoms with van der Waals surface area (Å²) in [6, 6.07) is 6.75. The van der Waals surface area contributed by atoms with Gasteiger partial charge in [0.15, 0.2) is 0 Å². The van der Waals surface area contributed by atoms with Gasteiger partial charge in [-0.05, 0) is 48.9 Å². The van der Waals surface area contributed by atoms with Gasteiger partial charge in [0.2, 0.25) is 11.8 Å². The Bertz CT molecular complexity index is 1020. The quantitative estimate of drug-likeness (QED) is 0.507. The Morgan fingerprint density at radius 1 is 1.22 bits per heavy atom. The second-order valence-corrected chi connectivity index (χ2v) is 10.4. The highest BCUT2D eigenvalue weighted by atomic mass is 35.5. The molecule has 32 heavy (non-hydrogen) atoms. The second kappa shape index (κ2) is 11.2. The summed E-state index contributed by atoms with van der Waals surface area (Å²) in [5, 5.41) is 14.2. The van der Waals surface area contributed by atoms with Crippen molar-refractivity contribution in [3.05, 3.63) is 51.3 Å². The molecular formula is C22H22Cl2N2O4S2. The summed E-state index contributed by atoms with van der Waals surface area (Å²) < 4.78 is 1.11. The van der Waals surface area contributed by atoms with Crippen molar-refractivity contribution in [1.29, 1.82) is 0 Å². The summed E-state index contributed by atoms with van der Waals surface area (Å²) >= 11 is 16.0. The number of amides is 2. The van der Waals surface area contributed by atoms with Crippen LogP contribution < -0.4 is 5.32 Å². The maximum Gasteiger partial charge on any atom is 0.325 e. The maximum atomic E-state index is 12.6. The first-order valence-corrected chi connectivity index (χ1v) is 12.4. The van der Waals surface area contributed by atoms with Gasteiger partial charge < -0.3 is 15.3 Å². The Morgan fingerprint density at radius 2 is 1.94 bits per heavy atom. The lowest BCUT2D eigenvalue weighted by atomic mass is 9.95. The summed E-state index contributed by atoms with van der Waals surface area (Å²) in [6.45, 7) is 2.27. The number of carboxylic acid groups (broad SMARTS) is 1. The highest BCUT2D eigenvalue weighted by Crippen LogP contribution is 2.40. The first kappa shape index (κ1) is 24.6. The molecule has 1 saturated heterocycles. The molecule has 2 amide bonds. The Morgan fingerprint density at radius 3 is 2.56 bits per heavy atom. The number of benzene rings is 1. The van der Waals surface area contributed by atoms with Gasteiger partial charge in [0, 0.05) is 30.0 Å². The molecule has 0 bridgehead atoms. The normalized spacial score (nSPS) is 15.7. The fourth-order valence-electron chi connectivity index (χ4n) is 3.21. The summed E-state index contributed by atoms with van der Waals surface area (Å²) in [5.41, 5.74) is 0.650. The lowest BCUT2D eigenvalue weighted by Gasteiger charge is -2.31. The van der Waals surface area contributed by atoms with Crippen molar-refractivity contribution < 1.29 is 19.5 Å². The molecule has 0 saturated carbocycles. The van der Waals surface area contributed by atoms with Gasteiger partial charge in [-0.1, -0.05) is 47.1 Å². The molecule has 3 rings (SSSR count). The molecule has 1 aliphatic heterocycles. The van der Waals surface area contributed by atoms with Crippen molar-refractivity contribution in [2.75, 3.05) is 13.1 Å². The molecule has 170 valence electrons. The zero-order valence-electron chi connectivity index (χ0n) is 17.2. The van der Waals surface area contributed by atoms with Crippen LogP contribution in [0.15, 0.2) is 44.8 Å². The number of hydrogen-bond donors (Lipinski definition) is 2. The lowest BCUT2D eigenvalue weighted by Crippen LogP contribution is -2.46. The molecule has 2 N–H and O–H groups in total. The van der Waals surface area contributed by atoms with E-state index in [2.05, 4.69) is 5.32 Å². The number of thiophene rings is 1. The monoisotopic (exact) mass is 512 g/mol. The van der Waals surface area contributed by atoms with Crippen molar-refractivity contribution >= 4 is 70.2 Å². The number of nitrogens with zero attached hydrogens (tertiary/aromatic N) is 1. The van der Waals surface area contributed by atoms with Crippen LogP contribution in [0.4, 0.5) is 0 Å². The first-order valence-electron chi connectivity index (χ1n) is 9.95. The molecule has 1 aromatic heterocycles. The molecule has 2 heterocycles. The smallest absolute Gasteiger partial charge is 0.325 e. The van der Waals surface area contributed by atoms with Gasteiger partial charge in [-0.3, -0.25) is 14.4 Å². The van der Waals surface area contributed by atoms with Crippen molar-refractivity contribution in [2.24, 2.45) is 5.92 Å². The van der Waals surface area contributed by atoms with Crippen LogP contribution in [0.2, 0.25) is 10.0 Å². The number of halogens is 2. The number of hydrogen-bond acceptors (Lipinski definition) is 5. The third-order valence-electron chi connectivity index (χ3n) is 5.09. The van der Waals surface area contributed by atoms with Crippen molar-refractivity contribution in [3.8, 4) is 0 Å². The van der Waals surface area contributed by atoms with Crippen molar-refractivity contribution in [1.82, 2.24) is 10.2 Å². The van der Waals surface area contributed by atoms with E-state index in [9.17, 15) is 14.4 Å². The minimum absolute atomic E-state index is 0.174. The SMILES string of the molecule is CC(NC(=O)C1CCN(C(=O)/C=C/c2ccc(Sc3cccs3)c(Cl)c2Cl)CC1)C(=O)O. The molecule has 6 nitrogen and oxygen atoms in total. The van der Waals surface area contributed by atoms with Crippen LogP contribution in [-0.2, 0) is 14.4 Å². The number of rotatable bonds is 7. The largest absolute Gasteiger partial charge is 0.480 e. The van der Waals surface area contributed by atoms with Gasteiger partial charge in [0.1, 0.15) is 6.04 Å². The Labute approximate surface area is 204 Å². The highest BCUT2D eigenvalue weighted by Gasteiger charge is 2.28. The highest BCUT2D eigenvalue weighted by molar-refractivity contribution is 8.01. The molecule has 1 unspecified atom stereocenters.